The topological polar surface area (TPSA) is 56.1 Å². The summed E-state index contributed by atoms with van der Waals surface area (Å²) in [7, 11) is 3.17. The van der Waals surface area contributed by atoms with E-state index >= 15 is 0 Å². The Morgan fingerprint density at radius 3 is 2.80 bits per heavy atom. The maximum Gasteiger partial charge on any atom is 0.319 e. The van der Waals surface area contributed by atoms with Gasteiger partial charge in [-0.05, 0) is 6.92 Å². The molecular formula is C9H14ClN3O2. The van der Waals surface area contributed by atoms with Crippen molar-refractivity contribution in [1.29, 1.82) is 0 Å². The molecule has 0 saturated heterocycles. The van der Waals surface area contributed by atoms with Crippen LogP contribution in [-0.2, 0) is 23.1 Å². The molecule has 1 aromatic rings. The lowest BCUT2D eigenvalue weighted by atomic mass is 10.3. The second kappa shape index (κ2) is 5.14. The molecular weight excluding hydrogens is 218 g/mol. The van der Waals surface area contributed by atoms with E-state index in [0.717, 1.165) is 11.4 Å². The fraction of sp³-hybridized carbons (Fsp3) is 0.556. The van der Waals surface area contributed by atoms with E-state index in [1.165, 1.54) is 7.11 Å². The highest BCUT2D eigenvalue weighted by Crippen LogP contribution is 2.18. The highest BCUT2D eigenvalue weighted by atomic mass is 35.5. The Hall–Kier alpha value is -1.07. The molecule has 0 aromatic carbocycles. The Labute approximate surface area is 93.4 Å². The maximum absolute atomic E-state index is 10.8. The highest BCUT2D eigenvalue weighted by Gasteiger charge is 2.10. The Balaban J connectivity index is 2.54. The number of nitrogens with zero attached hydrogens (tertiary/aromatic N) is 2. The predicted molar refractivity (Wildman–Crippen MR) is 56.7 cm³/mol. The summed E-state index contributed by atoms with van der Waals surface area (Å²) in [6.45, 7) is 2.49. The SMILES string of the molecule is COC(=O)CNCc1c(Cl)c(C)nn1C. The fourth-order valence-electron chi connectivity index (χ4n) is 1.23. The standard InChI is InChI=1S/C9H14ClN3O2/c1-6-9(10)7(13(2)12-6)4-11-5-8(14)15-3/h11H,4-5H2,1-3H3. The molecule has 0 aliphatic heterocycles. The van der Waals surface area contributed by atoms with E-state index in [4.69, 9.17) is 11.6 Å². The van der Waals surface area contributed by atoms with Crippen molar-refractivity contribution in [2.24, 2.45) is 7.05 Å². The monoisotopic (exact) mass is 231 g/mol. The van der Waals surface area contributed by atoms with Crippen LogP contribution in [-0.4, -0.2) is 29.4 Å². The van der Waals surface area contributed by atoms with E-state index in [0.29, 0.717) is 11.6 Å². The molecule has 1 rings (SSSR count). The molecule has 0 atom stereocenters. The van der Waals surface area contributed by atoms with Crippen LogP contribution in [0.15, 0.2) is 0 Å². The van der Waals surface area contributed by atoms with Gasteiger partial charge < -0.3 is 10.1 Å². The van der Waals surface area contributed by atoms with E-state index in [9.17, 15) is 4.79 Å². The molecule has 1 N–H and O–H groups in total. The first-order chi connectivity index (χ1) is 7.06. The minimum Gasteiger partial charge on any atom is -0.468 e. The Kier molecular flexibility index (Phi) is 4.11. The lowest BCUT2D eigenvalue weighted by Crippen LogP contribution is -2.24. The molecule has 0 aliphatic rings. The minimum absolute atomic E-state index is 0.164. The third-order valence-electron chi connectivity index (χ3n) is 2.05. The molecule has 1 heterocycles. The van der Waals surface area contributed by atoms with Crippen LogP contribution in [0.1, 0.15) is 11.4 Å². The summed E-state index contributed by atoms with van der Waals surface area (Å²) in [6, 6.07) is 0. The van der Waals surface area contributed by atoms with Crippen molar-refractivity contribution >= 4 is 17.6 Å². The van der Waals surface area contributed by atoms with Gasteiger partial charge in [0, 0.05) is 13.6 Å². The normalized spacial score (nSPS) is 10.4. The van der Waals surface area contributed by atoms with Crippen molar-refractivity contribution in [2.45, 2.75) is 13.5 Å². The average Bonchev–Trinajstić information content (AvgIpc) is 2.44. The number of carbonyl (C=O) groups excluding carboxylic acids is 1. The van der Waals surface area contributed by atoms with Gasteiger partial charge in [0.1, 0.15) is 0 Å². The first-order valence-electron chi connectivity index (χ1n) is 4.51. The van der Waals surface area contributed by atoms with Crippen LogP contribution in [0.5, 0.6) is 0 Å². The van der Waals surface area contributed by atoms with Gasteiger partial charge in [-0.2, -0.15) is 5.10 Å². The molecule has 1 aromatic heterocycles. The lowest BCUT2D eigenvalue weighted by Gasteiger charge is -2.04. The number of aromatic nitrogens is 2. The number of aryl methyl sites for hydroxylation is 2. The second-order valence-corrected chi connectivity index (χ2v) is 3.53. The van der Waals surface area contributed by atoms with Crippen molar-refractivity contribution in [3.8, 4) is 0 Å². The molecule has 0 radical (unpaired) electrons. The predicted octanol–water partition coefficient (Wildman–Crippen LogP) is 0.645. The zero-order valence-electron chi connectivity index (χ0n) is 9.00. The van der Waals surface area contributed by atoms with E-state index in [1.54, 1.807) is 4.68 Å². The number of hydrogen-bond donors (Lipinski definition) is 1. The molecule has 0 saturated carbocycles. The molecule has 15 heavy (non-hydrogen) atoms. The zero-order chi connectivity index (χ0) is 11.4. The van der Waals surface area contributed by atoms with Crippen molar-refractivity contribution in [3.63, 3.8) is 0 Å². The number of carbonyl (C=O) groups is 1. The third kappa shape index (κ3) is 2.94. The number of halogens is 1. The van der Waals surface area contributed by atoms with Gasteiger partial charge in [-0.25, -0.2) is 0 Å². The average molecular weight is 232 g/mol. The number of rotatable bonds is 4. The molecule has 0 amide bonds. The fourth-order valence-corrected chi connectivity index (χ4v) is 1.45. The summed E-state index contributed by atoms with van der Waals surface area (Å²) in [5.41, 5.74) is 1.65. The molecule has 0 spiro atoms. The summed E-state index contributed by atoms with van der Waals surface area (Å²) in [5, 5.41) is 7.72. The van der Waals surface area contributed by atoms with E-state index in [1.807, 2.05) is 14.0 Å². The van der Waals surface area contributed by atoms with Crippen molar-refractivity contribution in [2.75, 3.05) is 13.7 Å². The van der Waals surface area contributed by atoms with Gasteiger partial charge in [0.25, 0.3) is 0 Å². The second-order valence-electron chi connectivity index (χ2n) is 3.15. The first kappa shape index (κ1) is 12.0. The molecule has 0 fully saturated rings. The smallest absolute Gasteiger partial charge is 0.319 e. The Morgan fingerprint density at radius 2 is 2.33 bits per heavy atom. The Morgan fingerprint density at radius 1 is 1.67 bits per heavy atom. The summed E-state index contributed by atoms with van der Waals surface area (Å²) in [6.07, 6.45) is 0. The van der Waals surface area contributed by atoms with Crippen LogP contribution in [0.4, 0.5) is 0 Å². The van der Waals surface area contributed by atoms with Crippen molar-refractivity contribution < 1.29 is 9.53 Å². The van der Waals surface area contributed by atoms with E-state index in [-0.39, 0.29) is 12.5 Å². The minimum atomic E-state index is -0.301. The van der Waals surface area contributed by atoms with Gasteiger partial charge >= 0.3 is 5.97 Å². The Bertz CT molecular complexity index is 362. The van der Waals surface area contributed by atoms with Crippen molar-refractivity contribution in [1.82, 2.24) is 15.1 Å². The summed E-state index contributed by atoms with van der Waals surface area (Å²) in [5.74, 6) is -0.301. The van der Waals surface area contributed by atoms with Crippen molar-refractivity contribution in [3.05, 3.63) is 16.4 Å². The van der Waals surface area contributed by atoms with Crippen LogP contribution in [0.3, 0.4) is 0 Å². The molecule has 0 unspecified atom stereocenters. The molecule has 0 aliphatic carbocycles. The highest BCUT2D eigenvalue weighted by molar-refractivity contribution is 6.31. The maximum atomic E-state index is 10.8. The molecule has 5 nitrogen and oxygen atoms in total. The summed E-state index contributed by atoms with van der Waals surface area (Å²) >= 11 is 6.02. The van der Waals surface area contributed by atoms with Crippen LogP contribution in [0.25, 0.3) is 0 Å². The number of ether oxygens (including phenoxy) is 1. The van der Waals surface area contributed by atoms with Gasteiger partial charge in [0.05, 0.1) is 30.1 Å². The van der Waals surface area contributed by atoms with Crippen LogP contribution < -0.4 is 5.32 Å². The van der Waals surface area contributed by atoms with Crippen LogP contribution >= 0.6 is 11.6 Å². The van der Waals surface area contributed by atoms with Gasteiger partial charge in [-0.15, -0.1) is 0 Å². The third-order valence-corrected chi connectivity index (χ3v) is 2.54. The molecule has 0 bridgehead atoms. The van der Waals surface area contributed by atoms with Crippen LogP contribution in [0.2, 0.25) is 5.02 Å². The molecule has 6 heteroatoms. The number of esters is 1. The van der Waals surface area contributed by atoms with E-state index < -0.39 is 0 Å². The van der Waals surface area contributed by atoms with Gasteiger partial charge in [0.2, 0.25) is 0 Å². The molecule has 84 valence electrons. The lowest BCUT2D eigenvalue weighted by molar-refractivity contribution is -0.139. The summed E-state index contributed by atoms with van der Waals surface area (Å²) < 4.78 is 6.19. The first-order valence-corrected chi connectivity index (χ1v) is 4.89. The van der Waals surface area contributed by atoms with Gasteiger partial charge in [-0.1, -0.05) is 11.6 Å². The zero-order valence-corrected chi connectivity index (χ0v) is 9.76. The quantitative estimate of drug-likeness (QED) is 0.773. The van der Waals surface area contributed by atoms with E-state index in [2.05, 4.69) is 15.2 Å². The number of hydrogen-bond acceptors (Lipinski definition) is 4. The number of nitrogens with one attached hydrogen (secondary N) is 1. The number of methoxy groups -OCH3 is 1. The van der Waals surface area contributed by atoms with Gasteiger partial charge in [-0.3, -0.25) is 9.48 Å². The summed E-state index contributed by atoms with van der Waals surface area (Å²) in [4.78, 5) is 10.8. The van der Waals surface area contributed by atoms with Gasteiger partial charge in [0.15, 0.2) is 0 Å². The van der Waals surface area contributed by atoms with Crippen LogP contribution in [0, 0.1) is 6.92 Å². The largest absolute Gasteiger partial charge is 0.468 e.